The third-order valence-electron chi connectivity index (χ3n) is 5.36. The van der Waals surface area contributed by atoms with Crippen molar-refractivity contribution in [3.05, 3.63) is 124 Å². The highest BCUT2D eigenvalue weighted by molar-refractivity contribution is 7.92. The molecule has 1 heterocycles. The van der Waals surface area contributed by atoms with E-state index < -0.39 is 27.4 Å². The number of ether oxygens (including phenoxy) is 1. The van der Waals surface area contributed by atoms with Gasteiger partial charge in [0.15, 0.2) is 0 Å². The van der Waals surface area contributed by atoms with Crippen LogP contribution in [0.2, 0.25) is 0 Å². The minimum Gasteiger partial charge on any atom is -0.489 e. The van der Waals surface area contributed by atoms with Gasteiger partial charge in [0.1, 0.15) is 24.7 Å². The summed E-state index contributed by atoms with van der Waals surface area (Å²) in [7, 11) is -4.05. The Hall–Kier alpha value is -5.10. The van der Waals surface area contributed by atoms with Gasteiger partial charge in [0.25, 0.3) is 21.6 Å². The summed E-state index contributed by atoms with van der Waals surface area (Å²) in [4.78, 5) is 27.0. The summed E-state index contributed by atoms with van der Waals surface area (Å²) in [6, 6.07) is 25.5. The van der Waals surface area contributed by atoms with Gasteiger partial charge in [-0.25, -0.2) is 23.1 Å². The molecule has 0 aliphatic carbocycles. The van der Waals surface area contributed by atoms with Gasteiger partial charge >= 0.3 is 0 Å². The lowest BCUT2D eigenvalue weighted by Gasteiger charge is -2.22. The van der Waals surface area contributed by atoms with Crippen LogP contribution in [-0.4, -0.2) is 37.0 Å². The first kappa shape index (κ1) is 26.9. The predicted octanol–water partition coefficient (Wildman–Crippen LogP) is 3.91. The third-order valence-corrected chi connectivity index (χ3v) is 7.12. The van der Waals surface area contributed by atoms with E-state index in [1.54, 1.807) is 66.7 Å². The fraction of sp³-hybridized carbons (Fsp3) is 0.0741. The molecular formula is C27H23N5O6S. The Morgan fingerprint density at radius 3 is 2.31 bits per heavy atom. The highest BCUT2D eigenvalue weighted by Gasteiger charge is 2.27. The van der Waals surface area contributed by atoms with Crippen LogP contribution in [0.15, 0.2) is 113 Å². The molecule has 0 bridgehead atoms. The summed E-state index contributed by atoms with van der Waals surface area (Å²) >= 11 is 0. The predicted molar refractivity (Wildman–Crippen MR) is 145 cm³/mol. The van der Waals surface area contributed by atoms with Crippen LogP contribution in [0, 0.1) is 10.1 Å². The van der Waals surface area contributed by atoms with Gasteiger partial charge in [0, 0.05) is 18.3 Å². The highest BCUT2D eigenvalue weighted by atomic mass is 32.2. The number of non-ortho nitro benzene ring substituents is 1. The van der Waals surface area contributed by atoms with E-state index in [1.165, 1.54) is 42.7 Å². The van der Waals surface area contributed by atoms with Gasteiger partial charge < -0.3 is 4.74 Å². The molecule has 3 aromatic carbocycles. The summed E-state index contributed by atoms with van der Waals surface area (Å²) in [5.74, 6) is 0.0240. The van der Waals surface area contributed by atoms with Crippen molar-refractivity contribution in [2.75, 3.05) is 10.8 Å². The number of carbonyl (C=O) groups is 1. The average molecular weight is 546 g/mol. The molecule has 1 aromatic heterocycles. The van der Waals surface area contributed by atoms with Crippen molar-refractivity contribution in [1.82, 2.24) is 10.4 Å². The first-order valence-electron chi connectivity index (χ1n) is 11.6. The lowest BCUT2D eigenvalue weighted by molar-refractivity contribution is -0.384. The fourth-order valence-electron chi connectivity index (χ4n) is 3.39. The van der Waals surface area contributed by atoms with Crippen molar-refractivity contribution in [2.45, 2.75) is 11.5 Å². The molecule has 0 fully saturated rings. The second-order valence-corrected chi connectivity index (χ2v) is 9.95. The van der Waals surface area contributed by atoms with Crippen LogP contribution in [0.4, 0.5) is 11.5 Å². The molecule has 0 aliphatic heterocycles. The van der Waals surface area contributed by atoms with E-state index >= 15 is 0 Å². The summed E-state index contributed by atoms with van der Waals surface area (Å²) in [6.45, 7) is -0.291. The number of pyridine rings is 1. The molecule has 0 saturated carbocycles. The van der Waals surface area contributed by atoms with E-state index in [4.69, 9.17) is 4.74 Å². The Labute approximate surface area is 224 Å². The molecule has 1 amide bonds. The number of hydrogen-bond donors (Lipinski definition) is 1. The normalized spacial score (nSPS) is 11.2. The molecule has 11 nitrogen and oxygen atoms in total. The van der Waals surface area contributed by atoms with Crippen molar-refractivity contribution < 1.29 is 22.9 Å². The van der Waals surface area contributed by atoms with Crippen LogP contribution in [0.3, 0.4) is 0 Å². The van der Waals surface area contributed by atoms with Crippen molar-refractivity contribution in [2.24, 2.45) is 5.10 Å². The number of aromatic nitrogens is 1. The largest absolute Gasteiger partial charge is 0.489 e. The fourth-order valence-corrected chi connectivity index (χ4v) is 4.78. The lowest BCUT2D eigenvalue weighted by atomic mass is 10.2. The highest BCUT2D eigenvalue weighted by Crippen LogP contribution is 2.21. The SMILES string of the molecule is O=C(CN(c1ccccn1)S(=O)(=O)c1ccccc1)N/N=C\c1ccc(OCc2ccc([N+](=O)[O-])cc2)cc1. The number of hydrogen-bond acceptors (Lipinski definition) is 8. The average Bonchev–Trinajstić information content (AvgIpc) is 2.96. The van der Waals surface area contributed by atoms with Gasteiger partial charge in [-0.15, -0.1) is 0 Å². The summed E-state index contributed by atoms with van der Waals surface area (Å²) in [6.07, 6.45) is 2.85. The van der Waals surface area contributed by atoms with Gasteiger partial charge in [-0.2, -0.15) is 5.10 Å². The van der Waals surface area contributed by atoms with Crippen LogP contribution in [-0.2, 0) is 21.4 Å². The van der Waals surface area contributed by atoms with Crippen molar-refractivity contribution in [3.63, 3.8) is 0 Å². The van der Waals surface area contributed by atoms with Crippen LogP contribution in [0.5, 0.6) is 5.75 Å². The smallest absolute Gasteiger partial charge is 0.269 e. The Balaban J connectivity index is 1.35. The summed E-state index contributed by atoms with van der Waals surface area (Å²) in [5.41, 5.74) is 3.80. The van der Waals surface area contributed by atoms with Gasteiger partial charge in [-0.1, -0.05) is 24.3 Å². The Bertz CT molecular complexity index is 1550. The molecule has 0 unspecified atom stereocenters. The van der Waals surface area contributed by atoms with Crippen molar-refractivity contribution in [1.29, 1.82) is 0 Å². The molecule has 4 rings (SSSR count). The number of benzene rings is 3. The molecular weight excluding hydrogens is 522 g/mol. The number of nitro benzene ring substituents is 1. The molecule has 0 atom stereocenters. The van der Waals surface area contributed by atoms with Crippen molar-refractivity contribution in [3.8, 4) is 5.75 Å². The lowest BCUT2D eigenvalue weighted by Crippen LogP contribution is -2.40. The molecule has 198 valence electrons. The monoisotopic (exact) mass is 545 g/mol. The van der Waals surface area contributed by atoms with E-state index in [0.717, 1.165) is 9.87 Å². The zero-order valence-corrected chi connectivity index (χ0v) is 21.3. The van der Waals surface area contributed by atoms with Gasteiger partial charge in [0.05, 0.1) is 16.0 Å². The van der Waals surface area contributed by atoms with Crippen LogP contribution in [0.1, 0.15) is 11.1 Å². The molecule has 0 saturated heterocycles. The van der Waals surface area contributed by atoms with E-state index in [9.17, 15) is 23.3 Å². The maximum atomic E-state index is 13.2. The number of nitro groups is 1. The van der Waals surface area contributed by atoms with Gasteiger partial charge in [-0.3, -0.25) is 14.9 Å². The number of carbonyl (C=O) groups excluding carboxylic acids is 1. The zero-order valence-electron chi connectivity index (χ0n) is 20.5. The topological polar surface area (TPSA) is 144 Å². The minimum absolute atomic E-state index is 0.0109. The maximum Gasteiger partial charge on any atom is 0.269 e. The Morgan fingerprint density at radius 1 is 0.974 bits per heavy atom. The molecule has 0 spiro atoms. The number of amides is 1. The number of anilines is 1. The van der Waals surface area contributed by atoms with E-state index in [0.29, 0.717) is 11.3 Å². The van der Waals surface area contributed by atoms with E-state index in [1.807, 2.05) is 0 Å². The zero-order chi connectivity index (χ0) is 27.7. The van der Waals surface area contributed by atoms with Crippen LogP contribution in [0.25, 0.3) is 0 Å². The number of nitrogens with one attached hydrogen (secondary N) is 1. The van der Waals surface area contributed by atoms with E-state index in [2.05, 4.69) is 15.5 Å². The molecule has 4 aromatic rings. The minimum atomic E-state index is -4.05. The molecule has 1 N–H and O–H groups in total. The van der Waals surface area contributed by atoms with Crippen LogP contribution >= 0.6 is 0 Å². The summed E-state index contributed by atoms with van der Waals surface area (Å²) in [5, 5.41) is 14.7. The maximum absolute atomic E-state index is 13.2. The number of rotatable bonds is 11. The molecule has 39 heavy (non-hydrogen) atoms. The van der Waals surface area contributed by atoms with E-state index in [-0.39, 0.29) is 23.0 Å². The van der Waals surface area contributed by atoms with Gasteiger partial charge in [-0.05, 0) is 71.8 Å². The first-order chi connectivity index (χ1) is 18.8. The standard InChI is InChI=1S/C27H23N5O6S/c33-27(19-31(26-8-4-5-17-28-26)39(36,37)25-6-2-1-3-7-25)30-29-18-21-11-15-24(16-12-21)38-20-22-9-13-23(14-10-22)32(34)35/h1-18H,19-20H2,(H,30,33)/b29-18-. The molecule has 12 heteroatoms. The van der Waals surface area contributed by atoms with Gasteiger partial charge in [0.2, 0.25) is 0 Å². The Kier molecular flexibility index (Phi) is 8.59. The number of nitrogens with zero attached hydrogens (tertiary/aromatic N) is 4. The quantitative estimate of drug-likeness (QED) is 0.171. The second-order valence-electron chi connectivity index (χ2n) is 8.09. The Morgan fingerprint density at radius 2 is 1.67 bits per heavy atom. The first-order valence-corrected chi connectivity index (χ1v) is 13.0. The second kappa shape index (κ2) is 12.4. The number of hydrazone groups is 1. The molecule has 0 radical (unpaired) electrons. The van der Waals surface area contributed by atoms with Crippen molar-refractivity contribution >= 4 is 33.7 Å². The van der Waals surface area contributed by atoms with Crippen LogP contribution < -0.4 is 14.5 Å². The summed E-state index contributed by atoms with van der Waals surface area (Å²) < 4.78 is 33.0. The third kappa shape index (κ3) is 7.23. The number of sulfonamides is 1. The molecule has 0 aliphatic rings.